The summed E-state index contributed by atoms with van der Waals surface area (Å²) in [5.74, 6) is -0.650. The second kappa shape index (κ2) is 10.2. The number of rotatable bonds is 7. The number of anilines is 2. The monoisotopic (exact) mass is 510 g/mol. The van der Waals surface area contributed by atoms with Crippen molar-refractivity contribution in [3.8, 4) is 28.0 Å². The normalized spacial score (nSPS) is 17.6. The van der Waals surface area contributed by atoms with E-state index in [4.69, 9.17) is 11.6 Å². The molecule has 0 bridgehead atoms. The first-order chi connectivity index (χ1) is 17.1. The summed E-state index contributed by atoms with van der Waals surface area (Å²) in [4.78, 5) is 21.0. The van der Waals surface area contributed by atoms with Crippen LogP contribution < -0.4 is 9.80 Å². The lowest BCUT2D eigenvalue weighted by atomic mass is 9.97. The van der Waals surface area contributed by atoms with Gasteiger partial charge in [-0.15, -0.1) is 0 Å². The number of β-amino-alcohol motifs (C(OH)–C–C–N with tert-alkyl or cyclic N) is 1. The van der Waals surface area contributed by atoms with Crippen LogP contribution in [0.1, 0.15) is 13.3 Å². The van der Waals surface area contributed by atoms with Crippen molar-refractivity contribution in [1.29, 1.82) is 0 Å². The summed E-state index contributed by atoms with van der Waals surface area (Å²) in [5, 5.41) is 21.7. The number of hydrogen-bond acceptors (Lipinski definition) is 6. The van der Waals surface area contributed by atoms with Crippen LogP contribution in [0.5, 0.6) is 5.75 Å². The molecule has 2 aromatic carbocycles. The van der Waals surface area contributed by atoms with Crippen LogP contribution in [-0.2, 0) is 4.79 Å². The van der Waals surface area contributed by atoms with Crippen molar-refractivity contribution in [2.45, 2.75) is 18.9 Å². The van der Waals surface area contributed by atoms with Crippen LogP contribution in [0, 0.1) is 5.82 Å². The number of nitrogens with zero attached hydrogens (tertiary/aromatic N) is 4. The molecule has 4 rings (SSSR count). The van der Waals surface area contributed by atoms with Gasteiger partial charge < -0.3 is 20.0 Å². The third kappa shape index (κ3) is 5.45. The largest absolute Gasteiger partial charge is 0.507 e. The predicted molar refractivity (Wildman–Crippen MR) is 141 cm³/mol. The van der Waals surface area contributed by atoms with Gasteiger partial charge in [-0.25, -0.2) is 4.39 Å². The van der Waals surface area contributed by atoms with Crippen LogP contribution in [0.15, 0.2) is 61.2 Å². The van der Waals surface area contributed by atoms with E-state index in [1.54, 1.807) is 54.8 Å². The maximum atomic E-state index is 14.7. The molecule has 9 heteroatoms. The standard InChI is InChI=1S/C27H28ClFN4O3/c1-27(36)6-7-32(16-27)21-10-19(14-30-15-21)23-13-20(29)12-22(26(23)35)18-4-5-25(24(28)11-18)33(17-34)9-8-31(2)3/h4-5,8-15,17,35-36H,6-7,16H2,1-3H3/b9-8-. The minimum Gasteiger partial charge on any atom is -0.507 e. The lowest BCUT2D eigenvalue weighted by Crippen LogP contribution is -2.29. The van der Waals surface area contributed by atoms with Crippen LogP contribution in [0.2, 0.25) is 5.02 Å². The molecular weight excluding hydrogens is 483 g/mol. The quantitative estimate of drug-likeness (QED) is 0.441. The van der Waals surface area contributed by atoms with Crippen molar-refractivity contribution in [1.82, 2.24) is 9.88 Å². The summed E-state index contributed by atoms with van der Waals surface area (Å²) < 4.78 is 14.7. The first kappa shape index (κ1) is 25.5. The fraction of sp³-hybridized carbons (Fsp3) is 0.259. The molecule has 3 aromatic rings. The van der Waals surface area contributed by atoms with Crippen LogP contribution in [0.25, 0.3) is 22.3 Å². The van der Waals surface area contributed by atoms with Crippen molar-refractivity contribution in [3.05, 3.63) is 72.0 Å². The lowest BCUT2D eigenvalue weighted by molar-refractivity contribution is -0.107. The Morgan fingerprint density at radius 3 is 2.44 bits per heavy atom. The van der Waals surface area contributed by atoms with Gasteiger partial charge in [-0.05, 0) is 49.2 Å². The molecule has 0 aliphatic carbocycles. The molecule has 1 fully saturated rings. The van der Waals surface area contributed by atoms with E-state index >= 15 is 0 Å². The molecule has 1 unspecified atom stereocenters. The Bertz CT molecular complexity index is 1310. The molecule has 0 spiro atoms. The molecule has 1 saturated heterocycles. The number of amides is 1. The van der Waals surface area contributed by atoms with Crippen LogP contribution >= 0.6 is 11.6 Å². The van der Waals surface area contributed by atoms with Gasteiger partial charge in [0, 0.05) is 62.5 Å². The maximum absolute atomic E-state index is 14.7. The van der Waals surface area contributed by atoms with E-state index < -0.39 is 11.4 Å². The van der Waals surface area contributed by atoms with Crippen LogP contribution in [0.4, 0.5) is 15.8 Å². The Morgan fingerprint density at radius 2 is 1.83 bits per heavy atom. The van der Waals surface area contributed by atoms with Crippen molar-refractivity contribution in [3.63, 3.8) is 0 Å². The molecule has 1 aromatic heterocycles. The van der Waals surface area contributed by atoms with Crippen molar-refractivity contribution >= 4 is 29.4 Å². The van der Waals surface area contributed by atoms with Gasteiger partial charge in [-0.3, -0.25) is 14.7 Å². The number of carbonyl (C=O) groups excluding carboxylic acids is 1. The Kier molecular flexibility index (Phi) is 7.19. The highest BCUT2D eigenvalue weighted by Crippen LogP contribution is 2.41. The third-order valence-corrected chi connectivity index (χ3v) is 6.41. The second-order valence-electron chi connectivity index (χ2n) is 9.39. The van der Waals surface area contributed by atoms with Crippen molar-refractivity contribution in [2.24, 2.45) is 0 Å². The molecule has 188 valence electrons. The zero-order valence-electron chi connectivity index (χ0n) is 20.3. The van der Waals surface area contributed by atoms with Gasteiger partial charge in [0.1, 0.15) is 11.6 Å². The number of aromatic nitrogens is 1. The molecule has 0 radical (unpaired) electrons. The van der Waals surface area contributed by atoms with E-state index in [1.807, 2.05) is 25.1 Å². The number of benzene rings is 2. The molecule has 2 N–H and O–H groups in total. The number of aromatic hydroxyl groups is 1. The highest BCUT2D eigenvalue weighted by molar-refractivity contribution is 6.34. The Labute approximate surface area is 214 Å². The smallest absolute Gasteiger partial charge is 0.218 e. The zero-order chi connectivity index (χ0) is 26.0. The first-order valence-electron chi connectivity index (χ1n) is 11.4. The van der Waals surface area contributed by atoms with Gasteiger partial charge in [-0.2, -0.15) is 0 Å². The van der Waals surface area contributed by atoms with Crippen LogP contribution in [-0.4, -0.2) is 59.3 Å². The number of hydrogen-bond donors (Lipinski definition) is 2. The minimum absolute atomic E-state index is 0.118. The van der Waals surface area contributed by atoms with Gasteiger partial charge in [-0.1, -0.05) is 17.7 Å². The van der Waals surface area contributed by atoms with Gasteiger partial charge in [0.25, 0.3) is 0 Å². The molecule has 7 nitrogen and oxygen atoms in total. The number of halogens is 2. The highest BCUT2D eigenvalue weighted by atomic mass is 35.5. The number of phenolic OH excluding ortho intramolecular Hbond substituents is 1. The van der Waals surface area contributed by atoms with Gasteiger partial charge in [0.05, 0.1) is 28.2 Å². The summed E-state index contributed by atoms with van der Waals surface area (Å²) in [6, 6.07) is 9.20. The molecule has 1 atom stereocenters. The first-order valence-corrected chi connectivity index (χ1v) is 11.8. The topological polar surface area (TPSA) is 80.1 Å². The highest BCUT2D eigenvalue weighted by Gasteiger charge is 2.31. The van der Waals surface area contributed by atoms with E-state index in [-0.39, 0.29) is 21.9 Å². The summed E-state index contributed by atoms with van der Waals surface area (Å²) in [6.45, 7) is 2.92. The molecule has 1 aliphatic heterocycles. The summed E-state index contributed by atoms with van der Waals surface area (Å²) in [6.07, 6.45) is 7.80. The fourth-order valence-electron chi connectivity index (χ4n) is 4.21. The Morgan fingerprint density at radius 1 is 1.11 bits per heavy atom. The fourth-order valence-corrected chi connectivity index (χ4v) is 4.49. The average Bonchev–Trinajstić information content (AvgIpc) is 3.21. The number of phenols is 1. The third-order valence-electron chi connectivity index (χ3n) is 6.10. The van der Waals surface area contributed by atoms with E-state index in [1.165, 1.54) is 17.0 Å². The number of aliphatic hydroxyl groups is 1. The van der Waals surface area contributed by atoms with E-state index in [0.29, 0.717) is 42.7 Å². The van der Waals surface area contributed by atoms with Crippen LogP contribution in [0.3, 0.4) is 0 Å². The molecular formula is C27H28ClFN4O3. The van der Waals surface area contributed by atoms with Gasteiger partial charge in [0.15, 0.2) is 0 Å². The zero-order valence-corrected chi connectivity index (χ0v) is 21.1. The van der Waals surface area contributed by atoms with Gasteiger partial charge in [0.2, 0.25) is 6.41 Å². The lowest BCUT2D eigenvalue weighted by Gasteiger charge is -2.21. The maximum Gasteiger partial charge on any atom is 0.218 e. The minimum atomic E-state index is -0.780. The molecule has 36 heavy (non-hydrogen) atoms. The molecule has 2 heterocycles. The van der Waals surface area contributed by atoms with Crippen molar-refractivity contribution in [2.75, 3.05) is 37.0 Å². The predicted octanol–water partition coefficient (Wildman–Crippen LogP) is 4.87. The van der Waals surface area contributed by atoms with E-state index in [2.05, 4.69) is 4.98 Å². The number of carbonyl (C=O) groups is 1. The summed E-state index contributed by atoms with van der Waals surface area (Å²) >= 11 is 6.47. The molecule has 1 aliphatic rings. The van der Waals surface area contributed by atoms with E-state index in [0.717, 1.165) is 5.69 Å². The average molecular weight is 511 g/mol. The Hall–Kier alpha value is -3.62. The summed E-state index contributed by atoms with van der Waals surface area (Å²) in [7, 11) is 3.66. The molecule has 1 amide bonds. The van der Waals surface area contributed by atoms with Crippen molar-refractivity contribution < 1.29 is 19.4 Å². The number of pyridine rings is 1. The Balaban J connectivity index is 1.71. The SMILES string of the molecule is CN(C)/C=C\N(C=O)c1ccc(-c2cc(F)cc(-c3cncc(N4CCC(C)(O)C4)c3)c2O)cc1Cl. The van der Waals surface area contributed by atoms with Gasteiger partial charge >= 0.3 is 0 Å². The second-order valence-corrected chi connectivity index (χ2v) is 9.80. The molecule has 0 saturated carbocycles. The van der Waals surface area contributed by atoms with E-state index in [9.17, 15) is 19.4 Å². The summed E-state index contributed by atoms with van der Waals surface area (Å²) in [5.41, 5.74) is 2.02.